The zero-order valence-electron chi connectivity index (χ0n) is 13.3. The predicted molar refractivity (Wildman–Crippen MR) is 95.1 cm³/mol. The Balaban J connectivity index is 1.60. The van der Waals surface area contributed by atoms with E-state index >= 15 is 0 Å². The van der Waals surface area contributed by atoms with Crippen molar-refractivity contribution < 1.29 is 13.6 Å². The van der Waals surface area contributed by atoms with Crippen LogP contribution in [0.5, 0.6) is 0 Å². The van der Waals surface area contributed by atoms with Crippen molar-refractivity contribution in [1.82, 2.24) is 10.2 Å². The van der Waals surface area contributed by atoms with Crippen molar-refractivity contribution >= 4 is 29.0 Å². The molecule has 1 amide bonds. The zero-order valence-corrected chi connectivity index (χ0v) is 14.1. The summed E-state index contributed by atoms with van der Waals surface area (Å²) in [6, 6.07) is 13.0. The molecule has 0 radical (unpaired) electrons. The average Bonchev–Trinajstić information content (AvgIpc) is 2.65. The van der Waals surface area contributed by atoms with Crippen molar-refractivity contribution in [2.75, 3.05) is 10.6 Å². The Labute approximate surface area is 153 Å². The normalized spacial score (nSPS) is 10.4. The number of benzene rings is 2. The Morgan fingerprint density at radius 1 is 1.00 bits per heavy atom. The van der Waals surface area contributed by atoms with Crippen LogP contribution in [0.15, 0.2) is 54.6 Å². The molecule has 0 fully saturated rings. The topological polar surface area (TPSA) is 66.9 Å². The molecule has 3 aromatic rings. The summed E-state index contributed by atoms with van der Waals surface area (Å²) in [7, 11) is 0. The molecule has 26 heavy (non-hydrogen) atoms. The van der Waals surface area contributed by atoms with E-state index in [4.69, 9.17) is 11.6 Å². The lowest BCUT2D eigenvalue weighted by atomic mass is 10.2. The van der Waals surface area contributed by atoms with E-state index in [1.54, 1.807) is 18.2 Å². The Morgan fingerprint density at radius 3 is 2.42 bits per heavy atom. The first-order valence-electron chi connectivity index (χ1n) is 7.60. The van der Waals surface area contributed by atoms with Crippen molar-refractivity contribution in [3.63, 3.8) is 0 Å². The highest BCUT2D eigenvalue weighted by molar-refractivity contribution is 6.31. The standard InChI is InChI=1S/C18H13ClF2N4O/c19-14-9-13(5-6-15(14)21)23-18(26)16-7-8-17(25-24-16)22-10-11-1-3-12(20)4-2-11/h1-9H,10H2,(H,22,25)(H,23,26). The molecule has 0 bridgehead atoms. The lowest BCUT2D eigenvalue weighted by molar-refractivity contribution is 0.102. The van der Waals surface area contributed by atoms with Crippen LogP contribution < -0.4 is 10.6 Å². The highest BCUT2D eigenvalue weighted by Gasteiger charge is 2.10. The van der Waals surface area contributed by atoms with E-state index in [1.165, 1.54) is 30.3 Å². The minimum absolute atomic E-state index is 0.0887. The van der Waals surface area contributed by atoms with E-state index in [0.717, 1.165) is 11.6 Å². The van der Waals surface area contributed by atoms with Crippen LogP contribution in [0.4, 0.5) is 20.3 Å². The molecule has 3 rings (SSSR count). The minimum Gasteiger partial charge on any atom is -0.365 e. The molecule has 0 spiro atoms. The molecular formula is C18H13ClF2N4O. The van der Waals surface area contributed by atoms with Crippen LogP contribution in [0.2, 0.25) is 5.02 Å². The van der Waals surface area contributed by atoms with Crippen LogP contribution in [0, 0.1) is 11.6 Å². The van der Waals surface area contributed by atoms with Gasteiger partial charge in [-0.05, 0) is 48.0 Å². The third-order valence-corrected chi connectivity index (χ3v) is 3.75. The molecule has 0 aliphatic heterocycles. The number of aromatic nitrogens is 2. The molecule has 5 nitrogen and oxygen atoms in total. The maximum Gasteiger partial charge on any atom is 0.276 e. The molecule has 8 heteroatoms. The molecule has 0 unspecified atom stereocenters. The minimum atomic E-state index is -0.568. The molecule has 0 aliphatic rings. The van der Waals surface area contributed by atoms with Gasteiger partial charge in [-0.15, -0.1) is 10.2 Å². The molecule has 0 aliphatic carbocycles. The number of hydrogen-bond acceptors (Lipinski definition) is 4. The van der Waals surface area contributed by atoms with Gasteiger partial charge in [0.1, 0.15) is 17.5 Å². The molecule has 0 saturated carbocycles. The Bertz CT molecular complexity index is 917. The largest absolute Gasteiger partial charge is 0.365 e. The summed E-state index contributed by atoms with van der Waals surface area (Å²) in [5.41, 5.74) is 1.32. The number of carbonyl (C=O) groups is 1. The first-order chi connectivity index (χ1) is 12.5. The fourth-order valence-electron chi connectivity index (χ4n) is 2.11. The van der Waals surface area contributed by atoms with Crippen LogP contribution >= 0.6 is 11.6 Å². The summed E-state index contributed by atoms with van der Waals surface area (Å²) < 4.78 is 26.0. The number of nitrogens with one attached hydrogen (secondary N) is 2. The fourth-order valence-corrected chi connectivity index (χ4v) is 2.29. The number of rotatable bonds is 5. The van der Waals surface area contributed by atoms with Gasteiger partial charge in [-0.25, -0.2) is 8.78 Å². The van der Waals surface area contributed by atoms with Gasteiger partial charge in [0.05, 0.1) is 5.02 Å². The van der Waals surface area contributed by atoms with Gasteiger partial charge in [0.2, 0.25) is 0 Å². The van der Waals surface area contributed by atoms with Crippen molar-refractivity contribution in [2.24, 2.45) is 0 Å². The second-order valence-electron chi connectivity index (χ2n) is 5.37. The molecular weight excluding hydrogens is 362 g/mol. The van der Waals surface area contributed by atoms with Gasteiger partial charge >= 0.3 is 0 Å². The van der Waals surface area contributed by atoms with Gasteiger partial charge in [0.25, 0.3) is 5.91 Å². The van der Waals surface area contributed by atoms with Gasteiger partial charge in [-0.1, -0.05) is 23.7 Å². The lowest BCUT2D eigenvalue weighted by Crippen LogP contribution is -2.15. The zero-order chi connectivity index (χ0) is 18.5. The monoisotopic (exact) mass is 374 g/mol. The van der Waals surface area contributed by atoms with Gasteiger partial charge in [-0.2, -0.15) is 0 Å². The summed E-state index contributed by atoms with van der Waals surface area (Å²) in [5.74, 6) is -0.895. The van der Waals surface area contributed by atoms with Gasteiger partial charge < -0.3 is 10.6 Å². The summed E-state index contributed by atoms with van der Waals surface area (Å²) in [6.45, 7) is 0.439. The highest BCUT2D eigenvalue weighted by atomic mass is 35.5. The van der Waals surface area contributed by atoms with Gasteiger partial charge in [-0.3, -0.25) is 4.79 Å². The number of anilines is 2. The fraction of sp³-hybridized carbons (Fsp3) is 0.0556. The number of nitrogens with zero attached hydrogens (tertiary/aromatic N) is 2. The summed E-state index contributed by atoms with van der Waals surface area (Å²) in [6.07, 6.45) is 0. The van der Waals surface area contributed by atoms with Crippen LogP contribution in [-0.4, -0.2) is 16.1 Å². The first kappa shape index (κ1) is 17.8. The number of hydrogen-bond donors (Lipinski definition) is 2. The van der Waals surface area contributed by atoms with E-state index in [9.17, 15) is 13.6 Å². The van der Waals surface area contributed by atoms with Crippen LogP contribution in [-0.2, 0) is 6.54 Å². The molecule has 0 atom stereocenters. The van der Waals surface area contributed by atoms with E-state index < -0.39 is 11.7 Å². The second kappa shape index (κ2) is 7.88. The summed E-state index contributed by atoms with van der Waals surface area (Å²) >= 11 is 5.67. The average molecular weight is 375 g/mol. The Hall–Kier alpha value is -3.06. The van der Waals surface area contributed by atoms with Gasteiger partial charge in [0.15, 0.2) is 5.69 Å². The molecule has 2 N–H and O–H groups in total. The quantitative estimate of drug-likeness (QED) is 0.699. The van der Waals surface area contributed by atoms with Crippen molar-refractivity contribution in [2.45, 2.75) is 6.54 Å². The SMILES string of the molecule is O=C(Nc1ccc(F)c(Cl)c1)c1ccc(NCc2ccc(F)cc2)nn1. The van der Waals surface area contributed by atoms with Crippen molar-refractivity contribution in [3.05, 3.63) is 82.5 Å². The molecule has 132 valence electrons. The van der Waals surface area contributed by atoms with Gasteiger partial charge in [0, 0.05) is 12.2 Å². The lowest BCUT2D eigenvalue weighted by Gasteiger charge is -2.07. The predicted octanol–water partition coefficient (Wildman–Crippen LogP) is 4.27. The first-order valence-corrected chi connectivity index (χ1v) is 7.97. The second-order valence-corrected chi connectivity index (χ2v) is 5.77. The molecule has 1 heterocycles. The molecule has 1 aromatic heterocycles. The van der Waals surface area contributed by atoms with Crippen LogP contribution in [0.1, 0.15) is 16.1 Å². The van der Waals surface area contributed by atoms with Crippen molar-refractivity contribution in [3.8, 4) is 0 Å². The summed E-state index contributed by atoms with van der Waals surface area (Å²) in [5, 5.41) is 13.3. The summed E-state index contributed by atoms with van der Waals surface area (Å²) in [4.78, 5) is 12.1. The third-order valence-electron chi connectivity index (χ3n) is 3.46. The third kappa shape index (κ3) is 4.52. The van der Waals surface area contributed by atoms with E-state index in [2.05, 4.69) is 20.8 Å². The maximum atomic E-state index is 13.1. The van der Waals surface area contributed by atoms with E-state index in [-0.39, 0.29) is 16.5 Å². The highest BCUT2D eigenvalue weighted by Crippen LogP contribution is 2.19. The van der Waals surface area contributed by atoms with Crippen molar-refractivity contribution in [1.29, 1.82) is 0 Å². The smallest absolute Gasteiger partial charge is 0.276 e. The number of carbonyl (C=O) groups excluding carboxylic acids is 1. The number of amides is 1. The number of halogens is 3. The molecule has 2 aromatic carbocycles. The maximum absolute atomic E-state index is 13.1. The molecule has 0 saturated heterocycles. The van der Waals surface area contributed by atoms with E-state index in [1.807, 2.05) is 0 Å². The van der Waals surface area contributed by atoms with E-state index in [0.29, 0.717) is 18.1 Å². The Morgan fingerprint density at radius 2 is 1.77 bits per heavy atom. The van der Waals surface area contributed by atoms with Crippen LogP contribution in [0.3, 0.4) is 0 Å². The van der Waals surface area contributed by atoms with Crippen LogP contribution in [0.25, 0.3) is 0 Å². The Kier molecular flexibility index (Phi) is 5.38.